The largest absolute Gasteiger partial charge is 0.347 e. The molecule has 0 spiro atoms. The summed E-state index contributed by atoms with van der Waals surface area (Å²) >= 11 is 1.27. The third kappa shape index (κ3) is 4.27. The Hall–Kier alpha value is -3.06. The summed E-state index contributed by atoms with van der Waals surface area (Å²) in [5, 5.41) is 7.32. The van der Waals surface area contributed by atoms with E-state index >= 15 is 0 Å². The molecule has 3 rings (SSSR count). The molecule has 0 fully saturated rings. The summed E-state index contributed by atoms with van der Waals surface area (Å²) in [6.45, 7) is 2.44. The van der Waals surface area contributed by atoms with Gasteiger partial charge >= 0.3 is 0 Å². The van der Waals surface area contributed by atoms with Crippen LogP contribution in [0.3, 0.4) is 0 Å². The van der Waals surface area contributed by atoms with Crippen LogP contribution in [-0.4, -0.2) is 21.8 Å². The molecule has 0 aliphatic rings. The van der Waals surface area contributed by atoms with Crippen LogP contribution in [-0.2, 0) is 6.54 Å². The molecule has 2 amide bonds. The van der Waals surface area contributed by atoms with Gasteiger partial charge in [-0.15, -0.1) is 11.3 Å². The summed E-state index contributed by atoms with van der Waals surface area (Å²) < 4.78 is 0. The number of anilines is 1. The zero-order chi connectivity index (χ0) is 17.6. The Bertz CT molecular complexity index is 876. The van der Waals surface area contributed by atoms with Gasteiger partial charge in [0, 0.05) is 18.9 Å². The fraction of sp³-hybridized carbons (Fsp3) is 0.111. The number of rotatable bonds is 5. The van der Waals surface area contributed by atoms with Crippen molar-refractivity contribution in [2.24, 2.45) is 0 Å². The SMILES string of the molecule is Cc1ccc(CNC(=O)c2sccc2NC(=O)c2cnccn2)cc1. The molecule has 0 bridgehead atoms. The van der Waals surface area contributed by atoms with Crippen molar-refractivity contribution in [1.29, 1.82) is 0 Å². The topological polar surface area (TPSA) is 84.0 Å². The molecule has 7 heteroatoms. The average molecular weight is 352 g/mol. The van der Waals surface area contributed by atoms with E-state index < -0.39 is 5.91 Å². The number of amides is 2. The summed E-state index contributed by atoms with van der Waals surface area (Å²) in [4.78, 5) is 32.8. The number of carbonyl (C=O) groups excluding carboxylic acids is 2. The molecule has 1 aromatic carbocycles. The van der Waals surface area contributed by atoms with Crippen molar-refractivity contribution in [3.05, 3.63) is 76.0 Å². The standard InChI is InChI=1S/C18H16N4O2S/c1-12-2-4-13(5-3-12)10-21-18(24)16-14(6-9-25-16)22-17(23)15-11-19-7-8-20-15/h2-9,11H,10H2,1H3,(H,21,24)(H,22,23). The zero-order valence-electron chi connectivity index (χ0n) is 13.5. The van der Waals surface area contributed by atoms with Crippen LogP contribution in [0.2, 0.25) is 0 Å². The van der Waals surface area contributed by atoms with Crippen molar-refractivity contribution in [1.82, 2.24) is 15.3 Å². The number of hydrogen-bond acceptors (Lipinski definition) is 5. The zero-order valence-corrected chi connectivity index (χ0v) is 14.3. The van der Waals surface area contributed by atoms with Gasteiger partial charge < -0.3 is 10.6 Å². The average Bonchev–Trinajstić information content (AvgIpc) is 3.10. The van der Waals surface area contributed by atoms with Gasteiger partial charge in [0.25, 0.3) is 11.8 Å². The van der Waals surface area contributed by atoms with Crippen molar-refractivity contribution >= 4 is 28.8 Å². The van der Waals surface area contributed by atoms with Gasteiger partial charge in [-0.2, -0.15) is 0 Å². The lowest BCUT2D eigenvalue weighted by Crippen LogP contribution is -2.23. The molecular weight excluding hydrogens is 336 g/mol. The van der Waals surface area contributed by atoms with Gasteiger partial charge in [0.05, 0.1) is 11.9 Å². The van der Waals surface area contributed by atoms with Crippen molar-refractivity contribution in [3.63, 3.8) is 0 Å². The Balaban J connectivity index is 1.65. The molecule has 0 saturated carbocycles. The number of nitrogens with one attached hydrogen (secondary N) is 2. The molecule has 0 aliphatic heterocycles. The highest BCUT2D eigenvalue weighted by Crippen LogP contribution is 2.22. The summed E-state index contributed by atoms with van der Waals surface area (Å²) in [6.07, 6.45) is 4.31. The Morgan fingerprint density at radius 3 is 2.60 bits per heavy atom. The molecule has 6 nitrogen and oxygen atoms in total. The number of nitrogens with zero attached hydrogens (tertiary/aromatic N) is 2. The molecule has 2 aromatic heterocycles. The van der Waals surface area contributed by atoms with Crippen molar-refractivity contribution < 1.29 is 9.59 Å². The fourth-order valence-electron chi connectivity index (χ4n) is 2.15. The molecule has 0 unspecified atom stereocenters. The van der Waals surface area contributed by atoms with Crippen LogP contribution in [0, 0.1) is 6.92 Å². The first-order valence-corrected chi connectivity index (χ1v) is 8.50. The lowest BCUT2D eigenvalue weighted by Gasteiger charge is -2.08. The van der Waals surface area contributed by atoms with Crippen LogP contribution in [0.25, 0.3) is 0 Å². The van der Waals surface area contributed by atoms with Gasteiger partial charge in [0.1, 0.15) is 10.6 Å². The number of aryl methyl sites for hydroxylation is 1. The molecule has 0 saturated heterocycles. The van der Waals surface area contributed by atoms with Gasteiger partial charge in [0.2, 0.25) is 0 Å². The van der Waals surface area contributed by atoms with E-state index in [2.05, 4.69) is 20.6 Å². The van der Waals surface area contributed by atoms with Gasteiger partial charge in [-0.1, -0.05) is 29.8 Å². The van der Waals surface area contributed by atoms with E-state index in [0.29, 0.717) is 17.1 Å². The first kappa shape index (κ1) is 16.8. The van der Waals surface area contributed by atoms with Crippen molar-refractivity contribution in [2.75, 3.05) is 5.32 Å². The second kappa shape index (κ2) is 7.67. The predicted octanol–water partition coefficient (Wildman–Crippen LogP) is 3.03. The quantitative estimate of drug-likeness (QED) is 0.739. The van der Waals surface area contributed by atoms with E-state index in [0.717, 1.165) is 5.56 Å². The van der Waals surface area contributed by atoms with Gasteiger partial charge in [-0.25, -0.2) is 4.98 Å². The summed E-state index contributed by atoms with van der Waals surface area (Å²) in [5.41, 5.74) is 2.84. The highest BCUT2D eigenvalue weighted by atomic mass is 32.1. The van der Waals surface area contributed by atoms with E-state index in [1.807, 2.05) is 31.2 Å². The Morgan fingerprint density at radius 1 is 1.08 bits per heavy atom. The third-order valence-corrected chi connectivity index (χ3v) is 4.40. The van der Waals surface area contributed by atoms with Crippen LogP contribution in [0.1, 0.15) is 31.3 Å². The number of benzene rings is 1. The first-order chi connectivity index (χ1) is 12.1. The molecule has 126 valence electrons. The normalized spacial score (nSPS) is 10.3. The molecular formula is C18H16N4O2S. The predicted molar refractivity (Wildman–Crippen MR) is 96.7 cm³/mol. The first-order valence-electron chi connectivity index (χ1n) is 7.62. The Kier molecular flexibility index (Phi) is 5.15. The van der Waals surface area contributed by atoms with E-state index in [1.165, 1.54) is 35.5 Å². The van der Waals surface area contributed by atoms with Crippen LogP contribution >= 0.6 is 11.3 Å². The monoisotopic (exact) mass is 352 g/mol. The van der Waals surface area contributed by atoms with E-state index in [-0.39, 0.29) is 11.6 Å². The molecule has 25 heavy (non-hydrogen) atoms. The van der Waals surface area contributed by atoms with Crippen LogP contribution in [0.4, 0.5) is 5.69 Å². The molecule has 0 atom stereocenters. The maximum atomic E-state index is 12.4. The minimum Gasteiger partial charge on any atom is -0.347 e. The van der Waals surface area contributed by atoms with Crippen molar-refractivity contribution in [3.8, 4) is 0 Å². The lowest BCUT2D eigenvalue weighted by atomic mass is 10.1. The van der Waals surface area contributed by atoms with Crippen LogP contribution < -0.4 is 10.6 Å². The highest BCUT2D eigenvalue weighted by molar-refractivity contribution is 7.12. The molecule has 2 N–H and O–H groups in total. The highest BCUT2D eigenvalue weighted by Gasteiger charge is 2.16. The van der Waals surface area contributed by atoms with E-state index in [4.69, 9.17) is 0 Å². The van der Waals surface area contributed by atoms with Gasteiger partial charge in [0.15, 0.2) is 0 Å². The van der Waals surface area contributed by atoms with Crippen LogP contribution in [0.15, 0.2) is 54.3 Å². The second-order valence-corrected chi connectivity index (χ2v) is 6.29. The summed E-state index contributed by atoms with van der Waals surface area (Å²) in [5.74, 6) is -0.635. The van der Waals surface area contributed by atoms with Gasteiger partial charge in [-0.3, -0.25) is 14.6 Å². The maximum Gasteiger partial charge on any atom is 0.275 e. The molecule has 0 radical (unpaired) electrons. The molecule has 2 heterocycles. The van der Waals surface area contributed by atoms with Gasteiger partial charge in [-0.05, 0) is 23.9 Å². The minimum atomic E-state index is -0.404. The third-order valence-electron chi connectivity index (χ3n) is 3.49. The lowest BCUT2D eigenvalue weighted by molar-refractivity contribution is 0.0956. The Morgan fingerprint density at radius 2 is 1.88 bits per heavy atom. The summed E-state index contributed by atoms with van der Waals surface area (Å²) in [6, 6.07) is 9.64. The maximum absolute atomic E-state index is 12.4. The van der Waals surface area contributed by atoms with E-state index in [1.54, 1.807) is 11.4 Å². The smallest absolute Gasteiger partial charge is 0.275 e. The molecule has 3 aromatic rings. The van der Waals surface area contributed by atoms with Crippen LogP contribution in [0.5, 0.6) is 0 Å². The van der Waals surface area contributed by atoms with Crippen molar-refractivity contribution in [2.45, 2.75) is 13.5 Å². The number of carbonyl (C=O) groups is 2. The fourth-order valence-corrected chi connectivity index (χ4v) is 2.92. The molecule has 0 aliphatic carbocycles. The second-order valence-electron chi connectivity index (χ2n) is 5.38. The summed E-state index contributed by atoms with van der Waals surface area (Å²) in [7, 11) is 0. The Labute approximate surface area is 149 Å². The van der Waals surface area contributed by atoms with E-state index in [9.17, 15) is 9.59 Å². The minimum absolute atomic E-state index is 0.194. The number of aromatic nitrogens is 2. The number of thiophene rings is 1. The number of hydrogen-bond donors (Lipinski definition) is 2.